The third-order valence-corrected chi connectivity index (χ3v) is 6.55. The predicted octanol–water partition coefficient (Wildman–Crippen LogP) is 1.97. The van der Waals surface area contributed by atoms with Crippen LogP contribution in [0.3, 0.4) is 0 Å². The normalized spacial score (nSPS) is 30.8. The lowest BCUT2D eigenvalue weighted by atomic mass is 10.0. The van der Waals surface area contributed by atoms with E-state index in [0.29, 0.717) is 37.3 Å². The lowest BCUT2D eigenvalue weighted by Gasteiger charge is -2.33. The zero-order valence-electron chi connectivity index (χ0n) is 12.3. The van der Waals surface area contributed by atoms with E-state index in [1.807, 2.05) is 6.92 Å². The Hall–Kier alpha value is -0.130. The van der Waals surface area contributed by atoms with Gasteiger partial charge in [0.05, 0.1) is 5.75 Å². The summed E-state index contributed by atoms with van der Waals surface area (Å²) in [6.07, 6.45) is 6.55. The van der Waals surface area contributed by atoms with Gasteiger partial charge in [0, 0.05) is 25.2 Å². The molecule has 2 unspecified atom stereocenters. The van der Waals surface area contributed by atoms with Crippen molar-refractivity contribution in [3.8, 4) is 0 Å². The topological polar surface area (TPSA) is 49.4 Å². The van der Waals surface area contributed by atoms with E-state index in [0.717, 1.165) is 18.8 Å². The molecule has 0 radical (unpaired) electrons. The molecular weight excluding hydrogens is 260 g/mol. The molecule has 2 rings (SSSR count). The molecule has 1 heterocycles. The second kappa shape index (κ2) is 6.55. The SMILES string of the molecule is CCCS(=O)(=O)N1CCC(NC2CCC(C)C2)CC1. The van der Waals surface area contributed by atoms with Crippen LogP contribution in [0.25, 0.3) is 0 Å². The van der Waals surface area contributed by atoms with Crippen LogP contribution in [0.15, 0.2) is 0 Å². The van der Waals surface area contributed by atoms with E-state index in [2.05, 4.69) is 12.2 Å². The fourth-order valence-electron chi connectivity index (χ4n) is 3.38. The number of hydrogen-bond acceptors (Lipinski definition) is 3. The van der Waals surface area contributed by atoms with Gasteiger partial charge in [-0.25, -0.2) is 12.7 Å². The molecular formula is C14H28N2O2S. The molecule has 2 aliphatic rings. The van der Waals surface area contributed by atoms with Crippen molar-refractivity contribution in [2.45, 2.75) is 64.5 Å². The molecule has 0 aromatic rings. The van der Waals surface area contributed by atoms with Gasteiger partial charge in [0.1, 0.15) is 0 Å². The second-order valence-electron chi connectivity index (χ2n) is 6.27. The summed E-state index contributed by atoms with van der Waals surface area (Å²) < 4.78 is 25.7. The fourth-order valence-corrected chi connectivity index (χ4v) is 4.92. The molecule has 0 spiro atoms. The Kier molecular flexibility index (Phi) is 5.26. The van der Waals surface area contributed by atoms with Crippen LogP contribution in [0.2, 0.25) is 0 Å². The summed E-state index contributed by atoms with van der Waals surface area (Å²) in [6.45, 7) is 5.64. The van der Waals surface area contributed by atoms with Gasteiger partial charge in [0.25, 0.3) is 0 Å². The number of hydrogen-bond donors (Lipinski definition) is 1. The van der Waals surface area contributed by atoms with Gasteiger partial charge in [-0.15, -0.1) is 0 Å². The summed E-state index contributed by atoms with van der Waals surface area (Å²) in [6, 6.07) is 1.18. The first-order chi connectivity index (χ1) is 9.01. The fraction of sp³-hybridized carbons (Fsp3) is 1.00. The summed E-state index contributed by atoms with van der Waals surface area (Å²) >= 11 is 0. The van der Waals surface area contributed by atoms with Crippen LogP contribution < -0.4 is 5.32 Å². The van der Waals surface area contributed by atoms with Crippen molar-refractivity contribution in [3.63, 3.8) is 0 Å². The van der Waals surface area contributed by atoms with Gasteiger partial charge in [-0.1, -0.05) is 13.8 Å². The predicted molar refractivity (Wildman–Crippen MR) is 78.6 cm³/mol. The van der Waals surface area contributed by atoms with E-state index < -0.39 is 10.0 Å². The first-order valence-corrected chi connectivity index (χ1v) is 9.36. The standard InChI is InChI=1S/C14H28N2O2S/c1-3-10-19(17,18)16-8-6-13(7-9-16)15-14-5-4-12(2)11-14/h12-15H,3-11H2,1-2H3. The number of sulfonamides is 1. The highest BCUT2D eigenvalue weighted by Crippen LogP contribution is 2.26. The summed E-state index contributed by atoms with van der Waals surface area (Å²) in [5, 5.41) is 3.73. The zero-order valence-corrected chi connectivity index (χ0v) is 13.1. The van der Waals surface area contributed by atoms with Gasteiger partial charge in [0.2, 0.25) is 10.0 Å². The average Bonchev–Trinajstić information content (AvgIpc) is 2.75. The van der Waals surface area contributed by atoms with Crippen LogP contribution in [-0.2, 0) is 10.0 Å². The van der Waals surface area contributed by atoms with Crippen LogP contribution in [-0.4, -0.2) is 43.6 Å². The number of piperidine rings is 1. The molecule has 1 N–H and O–H groups in total. The number of nitrogens with one attached hydrogen (secondary N) is 1. The minimum absolute atomic E-state index is 0.297. The van der Waals surface area contributed by atoms with Crippen LogP contribution in [0.1, 0.15) is 52.4 Å². The highest BCUT2D eigenvalue weighted by molar-refractivity contribution is 7.89. The molecule has 0 aromatic heterocycles. The monoisotopic (exact) mass is 288 g/mol. The third-order valence-electron chi connectivity index (χ3n) is 4.48. The number of nitrogens with zero attached hydrogens (tertiary/aromatic N) is 1. The van der Waals surface area contributed by atoms with Gasteiger partial charge in [-0.2, -0.15) is 0 Å². The van der Waals surface area contributed by atoms with Crippen LogP contribution >= 0.6 is 0 Å². The minimum Gasteiger partial charge on any atom is -0.311 e. The molecule has 19 heavy (non-hydrogen) atoms. The first kappa shape index (κ1) is 15.3. The lowest BCUT2D eigenvalue weighted by Crippen LogP contribution is -2.47. The smallest absolute Gasteiger partial charge is 0.214 e. The highest BCUT2D eigenvalue weighted by Gasteiger charge is 2.29. The van der Waals surface area contributed by atoms with Gasteiger partial charge < -0.3 is 5.32 Å². The Morgan fingerprint density at radius 3 is 2.32 bits per heavy atom. The van der Waals surface area contributed by atoms with Crippen molar-refractivity contribution < 1.29 is 8.42 Å². The molecule has 112 valence electrons. The van der Waals surface area contributed by atoms with Crippen molar-refractivity contribution in [1.82, 2.24) is 9.62 Å². The Morgan fingerprint density at radius 1 is 1.11 bits per heavy atom. The molecule has 0 aromatic carbocycles. The quantitative estimate of drug-likeness (QED) is 0.841. The minimum atomic E-state index is -2.99. The van der Waals surface area contributed by atoms with Crippen molar-refractivity contribution >= 4 is 10.0 Å². The Morgan fingerprint density at radius 2 is 1.79 bits per heavy atom. The zero-order chi connectivity index (χ0) is 13.9. The summed E-state index contributed by atoms with van der Waals surface area (Å²) in [4.78, 5) is 0. The molecule has 1 saturated heterocycles. The van der Waals surface area contributed by atoms with E-state index in [4.69, 9.17) is 0 Å². The molecule has 2 atom stereocenters. The van der Waals surface area contributed by atoms with Crippen LogP contribution in [0, 0.1) is 5.92 Å². The van der Waals surface area contributed by atoms with Crippen molar-refractivity contribution in [3.05, 3.63) is 0 Å². The maximum absolute atomic E-state index is 12.0. The second-order valence-corrected chi connectivity index (χ2v) is 8.36. The molecule has 2 fully saturated rings. The molecule has 4 nitrogen and oxygen atoms in total. The van der Waals surface area contributed by atoms with Crippen LogP contribution in [0.5, 0.6) is 0 Å². The summed E-state index contributed by atoms with van der Waals surface area (Å²) in [7, 11) is -2.99. The Labute approximate surface area is 118 Å². The van der Waals surface area contributed by atoms with Gasteiger partial charge >= 0.3 is 0 Å². The number of rotatable bonds is 5. The molecule has 5 heteroatoms. The van der Waals surface area contributed by atoms with Crippen molar-refractivity contribution in [2.75, 3.05) is 18.8 Å². The highest BCUT2D eigenvalue weighted by atomic mass is 32.2. The first-order valence-electron chi connectivity index (χ1n) is 7.75. The molecule has 0 amide bonds. The van der Waals surface area contributed by atoms with Crippen molar-refractivity contribution in [1.29, 1.82) is 0 Å². The Bertz CT molecular complexity index is 375. The molecule has 0 bridgehead atoms. The lowest BCUT2D eigenvalue weighted by molar-refractivity contribution is 0.272. The van der Waals surface area contributed by atoms with Gasteiger partial charge in [0.15, 0.2) is 0 Å². The summed E-state index contributed by atoms with van der Waals surface area (Å²) in [5.41, 5.74) is 0. The molecule has 1 aliphatic carbocycles. The van der Waals surface area contributed by atoms with Gasteiger partial charge in [-0.05, 0) is 44.4 Å². The van der Waals surface area contributed by atoms with E-state index in [-0.39, 0.29) is 0 Å². The average molecular weight is 288 g/mol. The van der Waals surface area contributed by atoms with Crippen molar-refractivity contribution in [2.24, 2.45) is 5.92 Å². The van der Waals surface area contributed by atoms with E-state index in [1.54, 1.807) is 4.31 Å². The van der Waals surface area contributed by atoms with Gasteiger partial charge in [-0.3, -0.25) is 0 Å². The maximum atomic E-state index is 12.0. The van der Waals surface area contributed by atoms with E-state index in [9.17, 15) is 8.42 Å². The maximum Gasteiger partial charge on any atom is 0.214 e. The van der Waals surface area contributed by atoms with E-state index in [1.165, 1.54) is 19.3 Å². The largest absolute Gasteiger partial charge is 0.311 e. The third kappa shape index (κ3) is 4.17. The Balaban J connectivity index is 1.76. The molecule has 1 saturated carbocycles. The van der Waals surface area contributed by atoms with Crippen LogP contribution in [0.4, 0.5) is 0 Å². The van der Waals surface area contributed by atoms with E-state index >= 15 is 0 Å². The molecule has 1 aliphatic heterocycles. The summed E-state index contributed by atoms with van der Waals surface area (Å²) in [5.74, 6) is 1.15.